The number of nitrogens with two attached hydrogens (primary N) is 1. The van der Waals surface area contributed by atoms with Crippen LogP contribution in [0, 0.1) is 11.8 Å². The van der Waals surface area contributed by atoms with Crippen molar-refractivity contribution in [1.82, 2.24) is 4.90 Å². The van der Waals surface area contributed by atoms with Gasteiger partial charge in [-0.25, -0.2) is 0 Å². The molecule has 23 heavy (non-hydrogen) atoms. The summed E-state index contributed by atoms with van der Waals surface area (Å²) < 4.78 is 0. The van der Waals surface area contributed by atoms with E-state index < -0.39 is 0 Å². The van der Waals surface area contributed by atoms with Gasteiger partial charge in [0.15, 0.2) is 0 Å². The monoisotopic (exact) mass is 377 g/mol. The molecular weight excluding hydrogens is 357 g/mol. The Morgan fingerprint density at radius 3 is 2.83 bits per heavy atom. The largest absolute Gasteiger partial charge is 0.327 e. The molecule has 1 aromatic rings. The molecule has 3 rings (SSSR count). The third-order valence-electron chi connectivity index (χ3n) is 4.82. The number of carbonyl (C=O) groups excluding carboxylic acids is 1. The van der Waals surface area contributed by atoms with Crippen LogP contribution in [-0.2, 0) is 4.79 Å². The van der Waals surface area contributed by atoms with Crippen molar-refractivity contribution in [2.45, 2.75) is 25.3 Å². The number of likely N-dealkylation sites (tertiary alicyclic amines) is 1. The molecule has 1 heterocycles. The molecule has 3 atom stereocenters. The zero-order chi connectivity index (χ0) is 15.7. The summed E-state index contributed by atoms with van der Waals surface area (Å²) >= 11 is 12.1. The van der Waals surface area contributed by atoms with E-state index in [-0.39, 0.29) is 24.4 Å². The highest BCUT2D eigenvalue weighted by Gasteiger charge is 2.38. The second-order valence-electron chi connectivity index (χ2n) is 6.36. The van der Waals surface area contributed by atoms with E-state index >= 15 is 0 Å². The average molecular weight is 379 g/mol. The van der Waals surface area contributed by atoms with Gasteiger partial charge >= 0.3 is 0 Å². The molecule has 2 aliphatic rings. The standard InChI is InChI=1S/C16H21Cl2N3O.ClH/c17-12-4-2-6-14(16(12)18)20-15(22)9-21-7-10-3-1-5-13(19)11(10)8-21;/h2,4,6,10-11,13H,1,3,5,7-9,19H2,(H,20,22);1H. The van der Waals surface area contributed by atoms with Crippen LogP contribution in [0.25, 0.3) is 0 Å². The lowest BCUT2D eigenvalue weighted by atomic mass is 9.78. The topological polar surface area (TPSA) is 58.4 Å². The molecule has 0 spiro atoms. The SMILES string of the molecule is Cl.NC1CCCC2CN(CC(=O)Nc3cccc(Cl)c3Cl)CC12. The summed E-state index contributed by atoms with van der Waals surface area (Å²) in [6.45, 7) is 2.26. The minimum atomic E-state index is -0.0589. The number of carbonyl (C=O) groups is 1. The number of nitrogens with zero attached hydrogens (tertiary/aromatic N) is 1. The minimum absolute atomic E-state index is 0. The first-order valence-electron chi connectivity index (χ1n) is 7.76. The quantitative estimate of drug-likeness (QED) is 0.847. The fourth-order valence-corrected chi connectivity index (χ4v) is 4.08. The normalized spacial score (nSPS) is 27.2. The van der Waals surface area contributed by atoms with E-state index in [1.807, 2.05) is 0 Å². The smallest absolute Gasteiger partial charge is 0.238 e. The predicted octanol–water partition coefficient (Wildman–Crippen LogP) is 3.41. The first-order chi connectivity index (χ1) is 10.5. The maximum Gasteiger partial charge on any atom is 0.238 e. The van der Waals surface area contributed by atoms with Crippen LogP contribution >= 0.6 is 35.6 Å². The van der Waals surface area contributed by atoms with Crippen LogP contribution in [-0.4, -0.2) is 36.5 Å². The summed E-state index contributed by atoms with van der Waals surface area (Å²) in [4.78, 5) is 14.4. The second kappa shape index (κ2) is 8.04. The van der Waals surface area contributed by atoms with Crippen LogP contribution in [0.4, 0.5) is 5.69 Å². The van der Waals surface area contributed by atoms with Crippen LogP contribution in [0.1, 0.15) is 19.3 Å². The van der Waals surface area contributed by atoms with Gasteiger partial charge in [-0.15, -0.1) is 12.4 Å². The molecule has 128 valence electrons. The first kappa shape index (κ1) is 18.8. The number of benzene rings is 1. The maximum absolute atomic E-state index is 12.2. The lowest BCUT2D eigenvalue weighted by Crippen LogP contribution is -2.38. The number of amides is 1. The Balaban J connectivity index is 0.00000192. The maximum atomic E-state index is 12.2. The molecule has 3 unspecified atom stereocenters. The van der Waals surface area contributed by atoms with Gasteiger partial charge < -0.3 is 11.1 Å². The Kier molecular flexibility index (Phi) is 6.57. The van der Waals surface area contributed by atoms with E-state index in [9.17, 15) is 4.79 Å². The van der Waals surface area contributed by atoms with Crippen molar-refractivity contribution >= 4 is 47.2 Å². The van der Waals surface area contributed by atoms with Crippen LogP contribution < -0.4 is 11.1 Å². The van der Waals surface area contributed by atoms with Crippen LogP contribution in [0.15, 0.2) is 18.2 Å². The summed E-state index contributed by atoms with van der Waals surface area (Å²) in [6.07, 6.45) is 3.55. The van der Waals surface area contributed by atoms with Gasteiger partial charge in [0.25, 0.3) is 0 Å². The Bertz CT molecular complexity index is 570. The average Bonchev–Trinajstić information content (AvgIpc) is 2.88. The number of nitrogens with one attached hydrogen (secondary N) is 1. The van der Waals surface area contributed by atoms with Crippen molar-refractivity contribution < 1.29 is 4.79 Å². The zero-order valence-corrected chi connectivity index (χ0v) is 15.1. The molecule has 3 N–H and O–H groups in total. The van der Waals surface area contributed by atoms with Gasteiger partial charge in [-0.3, -0.25) is 9.69 Å². The number of hydrogen-bond acceptors (Lipinski definition) is 3. The molecule has 0 bridgehead atoms. The number of fused-ring (bicyclic) bond motifs is 1. The second-order valence-corrected chi connectivity index (χ2v) is 7.15. The molecule has 0 aromatic heterocycles. The van der Waals surface area contributed by atoms with Crippen LogP contribution in [0.5, 0.6) is 0 Å². The Morgan fingerprint density at radius 1 is 1.30 bits per heavy atom. The van der Waals surface area contributed by atoms with Crippen LogP contribution in [0.3, 0.4) is 0 Å². The summed E-state index contributed by atoms with van der Waals surface area (Å²) in [5.74, 6) is 1.12. The Labute approximate surface area is 153 Å². The van der Waals surface area contributed by atoms with Gasteiger partial charge in [0, 0.05) is 19.1 Å². The molecule has 4 nitrogen and oxygen atoms in total. The molecule has 7 heteroatoms. The van der Waals surface area contributed by atoms with Gasteiger partial charge in [-0.2, -0.15) is 0 Å². The van der Waals surface area contributed by atoms with Crippen molar-refractivity contribution in [3.8, 4) is 0 Å². The third-order valence-corrected chi connectivity index (χ3v) is 5.64. The molecule has 1 saturated carbocycles. The zero-order valence-electron chi connectivity index (χ0n) is 12.8. The van der Waals surface area contributed by atoms with Gasteiger partial charge in [-0.1, -0.05) is 35.7 Å². The first-order valence-corrected chi connectivity index (χ1v) is 8.52. The van der Waals surface area contributed by atoms with Gasteiger partial charge in [0.2, 0.25) is 5.91 Å². The molecule has 2 fully saturated rings. The molecule has 1 saturated heterocycles. The number of halogens is 3. The highest BCUT2D eigenvalue weighted by Crippen LogP contribution is 2.35. The number of anilines is 1. The van der Waals surface area contributed by atoms with E-state index in [2.05, 4.69) is 10.2 Å². The lowest BCUT2D eigenvalue weighted by Gasteiger charge is -2.29. The summed E-state index contributed by atoms with van der Waals surface area (Å²) in [7, 11) is 0. The molecule has 1 amide bonds. The predicted molar refractivity (Wildman–Crippen MR) is 97.6 cm³/mol. The Hall–Kier alpha value is -0.520. The summed E-state index contributed by atoms with van der Waals surface area (Å²) in [5.41, 5.74) is 6.78. The van der Waals surface area contributed by atoms with E-state index in [0.29, 0.717) is 34.1 Å². The Morgan fingerprint density at radius 2 is 2.09 bits per heavy atom. The van der Waals surface area contributed by atoms with E-state index in [0.717, 1.165) is 19.5 Å². The van der Waals surface area contributed by atoms with Crippen molar-refractivity contribution in [2.24, 2.45) is 17.6 Å². The fraction of sp³-hybridized carbons (Fsp3) is 0.562. The summed E-state index contributed by atoms with van der Waals surface area (Å²) in [6, 6.07) is 5.51. The van der Waals surface area contributed by atoms with Crippen molar-refractivity contribution in [1.29, 1.82) is 0 Å². The summed E-state index contributed by atoms with van der Waals surface area (Å²) in [5, 5.41) is 3.67. The van der Waals surface area contributed by atoms with Gasteiger partial charge in [0.05, 0.1) is 22.3 Å². The highest BCUT2D eigenvalue weighted by molar-refractivity contribution is 6.43. The van der Waals surface area contributed by atoms with Crippen molar-refractivity contribution in [3.63, 3.8) is 0 Å². The molecule has 1 aromatic carbocycles. The fourth-order valence-electron chi connectivity index (χ4n) is 3.73. The third kappa shape index (κ3) is 4.31. The molecule has 1 aliphatic heterocycles. The van der Waals surface area contributed by atoms with Crippen LogP contribution in [0.2, 0.25) is 10.0 Å². The lowest BCUT2D eigenvalue weighted by molar-refractivity contribution is -0.117. The number of hydrogen-bond donors (Lipinski definition) is 2. The van der Waals surface area contributed by atoms with Gasteiger partial charge in [-0.05, 0) is 36.8 Å². The van der Waals surface area contributed by atoms with E-state index in [1.165, 1.54) is 12.8 Å². The molecule has 0 radical (unpaired) electrons. The van der Waals surface area contributed by atoms with E-state index in [1.54, 1.807) is 18.2 Å². The van der Waals surface area contributed by atoms with Crippen molar-refractivity contribution in [2.75, 3.05) is 25.0 Å². The highest BCUT2D eigenvalue weighted by atomic mass is 35.5. The van der Waals surface area contributed by atoms with Gasteiger partial charge in [0.1, 0.15) is 0 Å². The van der Waals surface area contributed by atoms with Crippen molar-refractivity contribution in [3.05, 3.63) is 28.2 Å². The minimum Gasteiger partial charge on any atom is -0.327 e. The number of rotatable bonds is 3. The van der Waals surface area contributed by atoms with E-state index in [4.69, 9.17) is 28.9 Å². The molecular formula is C16H22Cl3N3O. The molecule has 1 aliphatic carbocycles.